The van der Waals surface area contributed by atoms with Crippen LogP contribution in [0.4, 0.5) is 0 Å². The van der Waals surface area contributed by atoms with E-state index >= 15 is 0 Å². The summed E-state index contributed by atoms with van der Waals surface area (Å²) >= 11 is 0. The molecule has 6 nitrogen and oxygen atoms in total. The molecule has 151 valence electrons. The molecule has 2 rings (SSSR count). The van der Waals surface area contributed by atoms with Gasteiger partial charge in [0.05, 0.1) is 0 Å². The second-order valence-electron chi connectivity index (χ2n) is 5.43. The Morgan fingerprint density at radius 3 is 1.41 bits per heavy atom. The van der Waals surface area contributed by atoms with Gasteiger partial charge in [-0.15, -0.1) is 0 Å². The standard InChI is InChI=1S/2C10H13NO2.Cu/c2*12-7-3-6-11-8-9-4-1-2-5-10(9)13;/h2*1-2,4-5,8,11-12H,3,6-7H2;. The fourth-order valence-electron chi connectivity index (χ4n) is 1.93. The zero-order valence-corrected chi connectivity index (χ0v) is 16.0. The predicted molar refractivity (Wildman–Crippen MR) is 102 cm³/mol. The summed E-state index contributed by atoms with van der Waals surface area (Å²) in [5.74, 6) is 0.0259. The largest absolute Gasteiger partial charge is 0.396 e. The molecule has 0 aromatic heterocycles. The summed E-state index contributed by atoms with van der Waals surface area (Å²) in [5, 5.41) is 22.9. The van der Waals surface area contributed by atoms with Crippen molar-refractivity contribution in [3.8, 4) is 0 Å². The third-order valence-electron chi connectivity index (χ3n) is 3.31. The van der Waals surface area contributed by atoms with Gasteiger partial charge in [-0.1, -0.05) is 24.3 Å². The van der Waals surface area contributed by atoms with Gasteiger partial charge in [-0.05, 0) is 37.1 Å². The van der Waals surface area contributed by atoms with Crippen molar-refractivity contribution in [1.82, 2.24) is 10.6 Å². The minimum Gasteiger partial charge on any atom is -0.396 e. The van der Waals surface area contributed by atoms with Crippen LogP contribution < -0.4 is 10.6 Å². The average molecular weight is 422 g/mol. The zero-order valence-electron chi connectivity index (χ0n) is 15.0. The van der Waals surface area contributed by atoms with E-state index in [-0.39, 0.29) is 41.8 Å². The third kappa shape index (κ3) is 11.2. The maximum atomic E-state index is 11.2. The van der Waals surface area contributed by atoms with E-state index < -0.39 is 0 Å². The van der Waals surface area contributed by atoms with Crippen LogP contribution in [0.2, 0.25) is 0 Å². The quantitative estimate of drug-likeness (QED) is 0.266. The van der Waals surface area contributed by atoms with Gasteiger partial charge < -0.3 is 20.8 Å². The number of carbonyl (C=O) groups excluding carboxylic acids is 2. The predicted octanol–water partition coefficient (Wildman–Crippen LogP) is 1.07. The minimum absolute atomic E-state index is 0. The first-order valence-electron chi connectivity index (χ1n) is 8.56. The molecule has 0 heterocycles. The number of aliphatic hydroxyl groups excluding tert-OH is 2. The molecule has 0 aliphatic heterocycles. The van der Waals surface area contributed by atoms with Crippen LogP contribution >= 0.6 is 0 Å². The molecule has 0 aromatic rings. The van der Waals surface area contributed by atoms with E-state index in [0.717, 1.165) is 0 Å². The van der Waals surface area contributed by atoms with Crippen molar-refractivity contribution in [2.75, 3.05) is 26.3 Å². The van der Waals surface area contributed by atoms with Crippen LogP contribution in [0.3, 0.4) is 0 Å². The molecule has 0 amide bonds. The van der Waals surface area contributed by atoms with Crippen molar-refractivity contribution >= 4 is 11.6 Å². The van der Waals surface area contributed by atoms with Crippen molar-refractivity contribution in [1.29, 1.82) is 0 Å². The van der Waals surface area contributed by atoms with E-state index in [9.17, 15) is 9.59 Å². The fourth-order valence-corrected chi connectivity index (χ4v) is 1.93. The van der Waals surface area contributed by atoms with E-state index in [1.54, 1.807) is 36.7 Å². The Hall–Kier alpha value is -2.18. The molecule has 4 N–H and O–H groups in total. The Morgan fingerprint density at radius 1 is 0.704 bits per heavy atom. The van der Waals surface area contributed by atoms with E-state index in [1.165, 1.54) is 12.2 Å². The van der Waals surface area contributed by atoms with Crippen LogP contribution in [0, 0.1) is 0 Å². The van der Waals surface area contributed by atoms with Gasteiger partial charge in [0.25, 0.3) is 0 Å². The number of carbonyl (C=O) groups is 2. The Balaban J connectivity index is 0.000000483. The van der Waals surface area contributed by atoms with Crippen LogP contribution in [0.15, 0.2) is 72.2 Å². The monoisotopic (exact) mass is 421 g/mol. The fraction of sp³-hybridized carbons (Fsp3) is 0.300. The summed E-state index contributed by atoms with van der Waals surface area (Å²) < 4.78 is 0. The number of nitrogens with one attached hydrogen (secondary N) is 2. The van der Waals surface area contributed by atoms with Crippen molar-refractivity contribution in [2.24, 2.45) is 0 Å². The Morgan fingerprint density at radius 2 is 1.07 bits per heavy atom. The first kappa shape index (κ1) is 24.8. The maximum absolute atomic E-state index is 11.2. The third-order valence-corrected chi connectivity index (χ3v) is 3.31. The van der Waals surface area contributed by atoms with Crippen LogP contribution in [0.25, 0.3) is 0 Å². The normalized spacial score (nSPS) is 17.6. The van der Waals surface area contributed by atoms with Gasteiger partial charge in [0, 0.05) is 66.9 Å². The number of ketones is 2. The van der Waals surface area contributed by atoms with Gasteiger partial charge in [-0.25, -0.2) is 0 Å². The van der Waals surface area contributed by atoms with Gasteiger partial charge >= 0.3 is 0 Å². The van der Waals surface area contributed by atoms with E-state index in [1.807, 2.05) is 12.2 Å². The Bertz CT molecular complexity index is 590. The summed E-state index contributed by atoms with van der Waals surface area (Å²) in [7, 11) is 0. The minimum atomic E-state index is 0. The molecule has 0 unspecified atom stereocenters. The SMILES string of the molecule is O=C1C=CC=CC1=CNCCCO.O=C1C=CC=CC1=CNCCCO.[Cu]. The van der Waals surface area contributed by atoms with Gasteiger partial charge in [-0.3, -0.25) is 9.59 Å². The number of rotatable bonds is 8. The van der Waals surface area contributed by atoms with Gasteiger partial charge in [0.1, 0.15) is 0 Å². The molecule has 0 saturated heterocycles. The number of allylic oxidation sites excluding steroid dienone is 10. The number of hydrogen-bond donors (Lipinski definition) is 4. The Labute approximate surface area is 170 Å². The van der Waals surface area contributed by atoms with Crippen molar-refractivity contribution in [3.63, 3.8) is 0 Å². The topological polar surface area (TPSA) is 98.7 Å². The molecule has 2 aliphatic rings. The molecular weight excluding hydrogens is 396 g/mol. The molecule has 0 atom stereocenters. The van der Waals surface area contributed by atoms with Crippen LogP contribution in [0.1, 0.15) is 12.8 Å². The summed E-state index contributed by atoms with van der Waals surface area (Å²) in [6.07, 6.45) is 18.4. The van der Waals surface area contributed by atoms with E-state index in [2.05, 4.69) is 10.6 Å². The second kappa shape index (κ2) is 16.0. The first-order chi connectivity index (χ1) is 12.7. The molecule has 27 heavy (non-hydrogen) atoms. The summed E-state index contributed by atoms with van der Waals surface area (Å²) in [4.78, 5) is 22.3. The molecule has 0 bridgehead atoms. The Kier molecular flexibility index (Phi) is 14.7. The smallest absolute Gasteiger partial charge is 0.187 e. The molecule has 0 spiro atoms. The molecule has 0 fully saturated rings. The summed E-state index contributed by atoms with van der Waals surface area (Å²) in [6, 6.07) is 0. The average Bonchev–Trinajstić information content (AvgIpc) is 2.66. The maximum Gasteiger partial charge on any atom is 0.187 e. The van der Waals surface area contributed by atoms with Crippen molar-refractivity contribution in [3.05, 3.63) is 72.2 Å². The van der Waals surface area contributed by atoms with E-state index in [4.69, 9.17) is 10.2 Å². The van der Waals surface area contributed by atoms with E-state index in [0.29, 0.717) is 37.1 Å². The summed E-state index contributed by atoms with van der Waals surface area (Å²) in [6.45, 7) is 1.70. The number of aliphatic hydroxyl groups is 2. The molecule has 1 radical (unpaired) electrons. The van der Waals surface area contributed by atoms with Crippen LogP contribution in [-0.4, -0.2) is 48.1 Å². The van der Waals surface area contributed by atoms with Gasteiger partial charge in [0.15, 0.2) is 11.6 Å². The molecule has 0 aromatic carbocycles. The molecular formula is C20H26CuN2O4. The van der Waals surface area contributed by atoms with Crippen molar-refractivity contribution < 1.29 is 36.9 Å². The molecule has 7 heteroatoms. The zero-order chi connectivity index (χ0) is 19.0. The number of hydrogen-bond acceptors (Lipinski definition) is 6. The second-order valence-corrected chi connectivity index (χ2v) is 5.43. The first-order valence-corrected chi connectivity index (χ1v) is 8.56. The van der Waals surface area contributed by atoms with Gasteiger partial charge in [-0.2, -0.15) is 0 Å². The van der Waals surface area contributed by atoms with Crippen LogP contribution in [-0.2, 0) is 26.7 Å². The van der Waals surface area contributed by atoms with Crippen molar-refractivity contribution in [2.45, 2.75) is 12.8 Å². The van der Waals surface area contributed by atoms with Crippen LogP contribution in [0.5, 0.6) is 0 Å². The van der Waals surface area contributed by atoms with Gasteiger partial charge in [0.2, 0.25) is 0 Å². The molecule has 0 saturated carbocycles. The summed E-state index contributed by atoms with van der Waals surface area (Å²) in [5.41, 5.74) is 1.31. The molecule has 2 aliphatic carbocycles.